The minimum Gasteiger partial charge on any atom is -0.459 e. The molecule has 7 heteroatoms. The summed E-state index contributed by atoms with van der Waals surface area (Å²) in [5.41, 5.74) is 0.369. The Hall–Kier alpha value is -2.81. The molecule has 0 amide bonds. The Bertz CT molecular complexity index is 1010. The van der Waals surface area contributed by atoms with E-state index < -0.39 is 44.2 Å². The largest absolute Gasteiger partial charge is 0.459 e. The Labute approximate surface area is 207 Å². The molecule has 0 radical (unpaired) electrons. The summed E-state index contributed by atoms with van der Waals surface area (Å²) >= 11 is 0. The summed E-state index contributed by atoms with van der Waals surface area (Å²) in [6.07, 6.45) is -4.03. The van der Waals surface area contributed by atoms with Gasteiger partial charge >= 0.3 is 5.97 Å². The first-order chi connectivity index (χ1) is 16.7. The van der Waals surface area contributed by atoms with E-state index in [0.29, 0.717) is 5.56 Å². The lowest BCUT2D eigenvalue weighted by atomic mass is 10.1. The Morgan fingerprint density at radius 1 is 0.829 bits per heavy atom. The van der Waals surface area contributed by atoms with Crippen molar-refractivity contribution in [2.45, 2.75) is 44.1 Å². The molecule has 3 rings (SSSR count). The summed E-state index contributed by atoms with van der Waals surface area (Å²) in [5.74, 6) is -0.563. The van der Waals surface area contributed by atoms with Crippen molar-refractivity contribution < 1.29 is 29.3 Å². The molecule has 0 aliphatic heterocycles. The monoisotopic (exact) mass is 494 g/mol. The standard InChI is InChI=1S/C28H34O6Si/c1-28(2,3)35(22-15-9-5-10-16-22,23-17-11-6-12-18-23)34-25(26(31)24(30)19-29)20-33-27(32)21-13-7-4-8-14-21/h4-18,24-26,29-31H,19-20H2,1-3H3/t24?,25-,26+/m1/s1. The van der Waals surface area contributed by atoms with Gasteiger partial charge in [-0.15, -0.1) is 0 Å². The van der Waals surface area contributed by atoms with Crippen LogP contribution in [0.1, 0.15) is 31.1 Å². The van der Waals surface area contributed by atoms with Gasteiger partial charge in [-0.1, -0.05) is 99.6 Å². The number of aliphatic hydroxyl groups is 3. The van der Waals surface area contributed by atoms with Crippen LogP contribution in [-0.2, 0) is 9.16 Å². The smallest absolute Gasteiger partial charge is 0.338 e. The zero-order valence-electron chi connectivity index (χ0n) is 20.4. The fourth-order valence-corrected chi connectivity index (χ4v) is 8.97. The van der Waals surface area contributed by atoms with E-state index in [1.165, 1.54) is 0 Å². The second-order valence-electron chi connectivity index (χ2n) is 9.52. The summed E-state index contributed by atoms with van der Waals surface area (Å²) in [4.78, 5) is 12.7. The maximum atomic E-state index is 12.7. The zero-order valence-corrected chi connectivity index (χ0v) is 21.4. The predicted octanol–water partition coefficient (Wildman–Crippen LogP) is 2.50. The van der Waals surface area contributed by atoms with Crippen LogP contribution in [-0.4, -0.2) is 61.1 Å². The van der Waals surface area contributed by atoms with Crippen molar-refractivity contribution in [3.05, 3.63) is 96.6 Å². The molecule has 0 bridgehead atoms. The minimum atomic E-state index is -3.13. The van der Waals surface area contributed by atoms with Gasteiger partial charge in [0, 0.05) is 0 Å². The molecular formula is C28H34O6Si. The summed E-state index contributed by atoms with van der Waals surface area (Å²) in [6.45, 7) is 5.30. The molecular weight excluding hydrogens is 460 g/mol. The van der Waals surface area contributed by atoms with Crippen molar-refractivity contribution >= 4 is 24.7 Å². The second kappa shape index (κ2) is 11.7. The third-order valence-corrected chi connectivity index (χ3v) is 11.2. The van der Waals surface area contributed by atoms with E-state index in [4.69, 9.17) is 9.16 Å². The number of ether oxygens (including phenoxy) is 1. The van der Waals surface area contributed by atoms with Crippen molar-refractivity contribution in [3.8, 4) is 0 Å². The maximum Gasteiger partial charge on any atom is 0.338 e. The van der Waals surface area contributed by atoms with E-state index in [1.807, 2.05) is 60.7 Å². The summed E-state index contributed by atoms with van der Waals surface area (Å²) < 4.78 is 12.4. The van der Waals surface area contributed by atoms with Gasteiger partial charge in [0.2, 0.25) is 0 Å². The van der Waals surface area contributed by atoms with Gasteiger partial charge in [0.15, 0.2) is 0 Å². The van der Waals surface area contributed by atoms with Gasteiger partial charge in [-0.3, -0.25) is 0 Å². The number of hydrogen-bond acceptors (Lipinski definition) is 6. The second-order valence-corrected chi connectivity index (χ2v) is 13.8. The first-order valence-electron chi connectivity index (χ1n) is 11.7. The van der Waals surface area contributed by atoms with Crippen LogP contribution >= 0.6 is 0 Å². The molecule has 0 heterocycles. The Morgan fingerprint density at radius 3 is 1.71 bits per heavy atom. The first kappa shape index (κ1) is 26.8. The normalized spacial score (nSPS) is 14.7. The molecule has 0 saturated carbocycles. The molecule has 0 spiro atoms. The average Bonchev–Trinajstić information content (AvgIpc) is 2.88. The molecule has 0 saturated heterocycles. The van der Waals surface area contributed by atoms with Crippen molar-refractivity contribution in [2.75, 3.05) is 13.2 Å². The molecule has 3 N–H and O–H groups in total. The quantitative estimate of drug-likeness (QED) is 0.296. The van der Waals surface area contributed by atoms with Gasteiger partial charge < -0.3 is 24.5 Å². The van der Waals surface area contributed by atoms with Gasteiger partial charge in [-0.25, -0.2) is 4.79 Å². The number of aliphatic hydroxyl groups excluding tert-OH is 3. The topological polar surface area (TPSA) is 96.2 Å². The zero-order chi connectivity index (χ0) is 25.5. The van der Waals surface area contributed by atoms with Gasteiger partial charge in [0.05, 0.1) is 12.2 Å². The fraction of sp³-hybridized carbons (Fsp3) is 0.321. The van der Waals surface area contributed by atoms with Crippen LogP contribution in [0.5, 0.6) is 0 Å². The summed E-state index contributed by atoms with van der Waals surface area (Å²) in [5, 5.41) is 32.4. The van der Waals surface area contributed by atoms with E-state index in [-0.39, 0.29) is 6.61 Å². The molecule has 186 valence electrons. The number of rotatable bonds is 10. The molecule has 0 aliphatic carbocycles. The van der Waals surface area contributed by atoms with Crippen LogP contribution in [0.3, 0.4) is 0 Å². The Kier molecular flexibility index (Phi) is 8.99. The van der Waals surface area contributed by atoms with Crippen LogP contribution < -0.4 is 10.4 Å². The van der Waals surface area contributed by atoms with Crippen LogP contribution in [0.15, 0.2) is 91.0 Å². The highest BCUT2D eigenvalue weighted by atomic mass is 28.4. The highest BCUT2D eigenvalue weighted by Crippen LogP contribution is 2.38. The lowest BCUT2D eigenvalue weighted by Gasteiger charge is -2.46. The molecule has 0 fully saturated rings. The van der Waals surface area contributed by atoms with E-state index >= 15 is 0 Å². The predicted molar refractivity (Wildman–Crippen MR) is 138 cm³/mol. The SMILES string of the molecule is CC(C)(C)[Si](O[C@H](COC(=O)c1ccccc1)[C@@H](O)C(O)CO)(c1ccccc1)c1ccccc1. The molecule has 3 aromatic carbocycles. The van der Waals surface area contributed by atoms with Gasteiger partial charge in [-0.05, 0) is 27.5 Å². The Morgan fingerprint density at radius 2 is 1.29 bits per heavy atom. The van der Waals surface area contributed by atoms with E-state index in [9.17, 15) is 20.1 Å². The molecule has 3 aromatic rings. The molecule has 0 aromatic heterocycles. The van der Waals surface area contributed by atoms with Crippen molar-refractivity contribution in [2.24, 2.45) is 0 Å². The molecule has 35 heavy (non-hydrogen) atoms. The molecule has 1 unspecified atom stereocenters. The van der Waals surface area contributed by atoms with E-state index in [2.05, 4.69) is 20.8 Å². The third-order valence-electron chi connectivity index (χ3n) is 6.10. The number of esters is 1. The maximum absolute atomic E-state index is 12.7. The van der Waals surface area contributed by atoms with Gasteiger partial charge in [0.1, 0.15) is 24.9 Å². The Balaban J connectivity index is 2.06. The van der Waals surface area contributed by atoms with Gasteiger partial charge in [-0.2, -0.15) is 0 Å². The fourth-order valence-electron chi connectivity index (χ4n) is 4.29. The first-order valence-corrected chi connectivity index (χ1v) is 13.6. The highest BCUT2D eigenvalue weighted by molar-refractivity contribution is 6.99. The number of carbonyl (C=O) groups excluding carboxylic acids is 1. The van der Waals surface area contributed by atoms with Crippen LogP contribution in [0.4, 0.5) is 0 Å². The lowest BCUT2D eigenvalue weighted by molar-refractivity contribution is -0.0865. The van der Waals surface area contributed by atoms with Crippen molar-refractivity contribution in [1.29, 1.82) is 0 Å². The number of carbonyl (C=O) groups is 1. The van der Waals surface area contributed by atoms with Crippen LogP contribution in [0.25, 0.3) is 0 Å². The highest BCUT2D eigenvalue weighted by Gasteiger charge is 2.52. The van der Waals surface area contributed by atoms with Crippen molar-refractivity contribution in [3.63, 3.8) is 0 Å². The van der Waals surface area contributed by atoms with Crippen LogP contribution in [0, 0.1) is 0 Å². The molecule has 0 aliphatic rings. The molecule has 3 atom stereocenters. The average molecular weight is 495 g/mol. The minimum absolute atomic E-state index is 0.295. The third kappa shape index (κ3) is 6.06. The summed E-state index contributed by atoms with van der Waals surface area (Å²) in [7, 11) is -3.13. The summed E-state index contributed by atoms with van der Waals surface area (Å²) in [6, 6.07) is 28.2. The van der Waals surface area contributed by atoms with E-state index in [1.54, 1.807) is 30.3 Å². The number of hydrogen-bond donors (Lipinski definition) is 3. The van der Waals surface area contributed by atoms with E-state index in [0.717, 1.165) is 10.4 Å². The van der Waals surface area contributed by atoms with Crippen molar-refractivity contribution in [1.82, 2.24) is 0 Å². The number of benzene rings is 3. The van der Waals surface area contributed by atoms with Gasteiger partial charge in [0.25, 0.3) is 8.32 Å². The van der Waals surface area contributed by atoms with Crippen LogP contribution in [0.2, 0.25) is 5.04 Å². The molecule has 6 nitrogen and oxygen atoms in total. The lowest BCUT2D eigenvalue weighted by Crippen LogP contribution is -2.69.